The van der Waals surface area contributed by atoms with E-state index in [2.05, 4.69) is 45.7 Å². The highest BCUT2D eigenvalue weighted by Crippen LogP contribution is 2.19. The first kappa shape index (κ1) is 15.7. The molecule has 0 bridgehead atoms. The van der Waals surface area contributed by atoms with Crippen LogP contribution >= 0.6 is 0 Å². The summed E-state index contributed by atoms with van der Waals surface area (Å²) >= 11 is 0. The Balaban J connectivity index is 1.73. The smallest absolute Gasteiger partial charge is 0.244 e. The van der Waals surface area contributed by atoms with Crippen molar-refractivity contribution < 1.29 is 0 Å². The van der Waals surface area contributed by atoms with E-state index in [-0.39, 0.29) is 0 Å². The third-order valence-corrected chi connectivity index (χ3v) is 3.70. The van der Waals surface area contributed by atoms with E-state index in [0.29, 0.717) is 11.9 Å². The first-order chi connectivity index (χ1) is 10.2. The van der Waals surface area contributed by atoms with Crippen molar-refractivity contribution in [3.63, 3.8) is 0 Å². The van der Waals surface area contributed by atoms with Gasteiger partial charge in [-0.15, -0.1) is 5.10 Å². The number of hydrogen-bond acceptors (Lipinski definition) is 5. The van der Waals surface area contributed by atoms with Gasteiger partial charge in [0.05, 0.1) is 6.20 Å². The van der Waals surface area contributed by atoms with Gasteiger partial charge in [-0.25, -0.2) is 0 Å². The molecule has 0 unspecified atom stereocenters. The van der Waals surface area contributed by atoms with Crippen LogP contribution in [0.25, 0.3) is 0 Å². The van der Waals surface area contributed by atoms with Crippen LogP contribution in [-0.2, 0) is 0 Å². The molecule has 0 radical (unpaired) electrons. The molecule has 0 saturated heterocycles. The van der Waals surface area contributed by atoms with E-state index in [0.717, 1.165) is 31.7 Å². The van der Waals surface area contributed by atoms with Crippen LogP contribution < -0.4 is 10.6 Å². The predicted molar refractivity (Wildman–Crippen MR) is 87.4 cm³/mol. The van der Waals surface area contributed by atoms with Crippen LogP contribution in [0.1, 0.15) is 52.4 Å². The van der Waals surface area contributed by atoms with Crippen LogP contribution in [0.15, 0.2) is 17.8 Å². The van der Waals surface area contributed by atoms with E-state index in [9.17, 15) is 0 Å². The van der Waals surface area contributed by atoms with Crippen LogP contribution in [0.4, 0.5) is 11.8 Å². The van der Waals surface area contributed by atoms with Gasteiger partial charge in [0.2, 0.25) is 5.95 Å². The number of nitrogens with zero attached hydrogens (tertiary/aromatic N) is 3. The van der Waals surface area contributed by atoms with Crippen molar-refractivity contribution in [2.75, 3.05) is 23.7 Å². The average molecular weight is 289 g/mol. The molecule has 2 rings (SSSR count). The SMILES string of the molecule is CC(C)CCNc1nncc(NCCC2=CCCCC2)n1. The lowest BCUT2D eigenvalue weighted by Gasteiger charge is -2.13. The molecule has 5 nitrogen and oxygen atoms in total. The van der Waals surface area contributed by atoms with E-state index in [1.54, 1.807) is 11.8 Å². The van der Waals surface area contributed by atoms with Gasteiger partial charge in [0.1, 0.15) is 0 Å². The van der Waals surface area contributed by atoms with Crippen molar-refractivity contribution in [1.82, 2.24) is 15.2 Å². The van der Waals surface area contributed by atoms with Crippen molar-refractivity contribution in [3.8, 4) is 0 Å². The maximum atomic E-state index is 4.44. The standard InChI is InChI=1S/C16H27N5/c1-13(2)8-10-18-16-20-15(12-19-21-16)17-11-9-14-6-4-3-5-7-14/h6,12-13H,3-5,7-11H2,1-2H3,(H2,17,18,20,21). The molecule has 0 aromatic carbocycles. The van der Waals surface area contributed by atoms with Crippen LogP contribution in [0.2, 0.25) is 0 Å². The Bertz CT molecular complexity index is 456. The van der Waals surface area contributed by atoms with Crippen molar-refractivity contribution in [2.45, 2.75) is 52.4 Å². The zero-order chi connectivity index (χ0) is 14.9. The quantitative estimate of drug-likeness (QED) is 0.715. The monoisotopic (exact) mass is 289 g/mol. The maximum absolute atomic E-state index is 4.44. The largest absolute Gasteiger partial charge is 0.368 e. The molecule has 1 aromatic heterocycles. The Kier molecular flexibility index (Phi) is 6.44. The van der Waals surface area contributed by atoms with Gasteiger partial charge < -0.3 is 10.6 Å². The average Bonchev–Trinajstić information content (AvgIpc) is 2.48. The second-order valence-corrected chi connectivity index (χ2v) is 6.06. The van der Waals surface area contributed by atoms with Gasteiger partial charge >= 0.3 is 0 Å². The van der Waals surface area contributed by atoms with Gasteiger partial charge in [-0.3, -0.25) is 0 Å². The topological polar surface area (TPSA) is 62.7 Å². The molecular formula is C16H27N5. The number of anilines is 2. The lowest BCUT2D eigenvalue weighted by Crippen LogP contribution is -2.11. The summed E-state index contributed by atoms with van der Waals surface area (Å²) < 4.78 is 0. The summed E-state index contributed by atoms with van der Waals surface area (Å²) in [5.41, 5.74) is 1.58. The summed E-state index contributed by atoms with van der Waals surface area (Å²) in [7, 11) is 0. The Morgan fingerprint density at radius 3 is 2.86 bits per heavy atom. The highest BCUT2D eigenvalue weighted by Gasteiger charge is 2.04. The number of allylic oxidation sites excluding steroid dienone is 1. The molecule has 21 heavy (non-hydrogen) atoms. The van der Waals surface area contributed by atoms with Gasteiger partial charge in [0.15, 0.2) is 5.82 Å². The predicted octanol–water partition coefficient (Wildman–Crippen LogP) is 3.63. The lowest BCUT2D eigenvalue weighted by atomic mass is 9.97. The second kappa shape index (κ2) is 8.60. The number of rotatable bonds is 8. The highest BCUT2D eigenvalue weighted by molar-refractivity contribution is 5.37. The summed E-state index contributed by atoms with van der Waals surface area (Å²) in [5, 5.41) is 14.6. The highest BCUT2D eigenvalue weighted by atomic mass is 15.3. The Morgan fingerprint density at radius 1 is 1.19 bits per heavy atom. The van der Waals surface area contributed by atoms with E-state index in [4.69, 9.17) is 0 Å². The summed E-state index contributed by atoms with van der Waals surface area (Å²) in [6, 6.07) is 0. The summed E-state index contributed by atoms with van der Waals surface area (Å²) in [4.78, 5) is 4.44. The first-order valence-electron chi connectivity index (χ1n) is 8.09. The Morgan fingerprint density at radius 2 is 2.10 bits per heavy atom. The fourth-order valence-corrected chi connectivity index (χ4v) is 2.42. The number of aromatic nitrogens is 3. The molecule has 5 heteroatoms. The third-order valence-electron chi connectivity index (χ3n) is 3.70. The first-order valence-corrected chi connectivity index (χ1v) is 8.09. The van der Waals surface area contributed by atoms with E-state index in [1.165, 1.54) is 25.7 Å². The molecule has 0 saturated carbocycles. The van der Waals surface area contributed by atoms with Crippen molar-refractivity contribution in [1.29, 1.82) is 0 Å². The normalized spacial score (nSPS) is 14.9. The molecule has 0 aliphatic heterocycles. The zero-order valence-electron chi connectivity index (χ0n) is 13.2. The molecule has 1 aliphatic carbocycles. The zero-order valence-corrected chi connectivity index (χ0v) is 13.2. The van der Waals surface area contributed by atoms with Crippen LogP contribution in [-0.4, -0.2) is 28.3 Å². The fraction of sp³-hybridized carbons (Fsp3) is 0.688. The minimum Gasteiger partial charge on any atom is -0.368 e. The van der Waals surface area contributed by atoms with Crippen LogP contribution in [0, 0.1) is 5.92 Å². The molecule has 0 spiro atoms. The summed E-state index contributed by atoms with van der Waals surface area (Å²) in [6.07, 6.45) is 11.5. The summed E-state index contributed by atoms with van der Waals surface area (Å²) in [6.45, 7) is 6.21. The summed E-state index contributed by atoms with van der Waals surface area (Å²) in [5.74, 6) is 2.08. The Hall–Kier alpha value is -1.65. The maximum Gasteiger partial charge on any atom is 0.244 e. The minimum absolute atomic E-state index is 0.609. The fourth-order valence-electron chi connectivity index (χ4n) is 2.42. The second-order valence-electron chi connectivity index (χ2n) is 6.06. The number of hydrogen-bond donors (Lipinski definition) is 2. The molecule has 1 aromatic rings. The van der Waals surface area contributed by atoms with Gasteiger partial charge in [0, 0.05) is 13.1 Å². The molecule has 0 atom stereocenters. The molecule has 116 valence electrons. The van der Waals surface area contributed by atoms with Gasteiger partial charge in [-0.1, -0.05) is 25.5 Å². The lowest BCUT2D eigenvalue weighted by molar-refractivity contribution is 0.605. The molecule has 0 amide bonds. The van der Waals surface area contributed by atoms with Gasteiger partial charge in [0.25, 0.3) is 0 Å². The van der Waals surface area contributed by atoms with E-state index >= 15 is 0 Å². The van der Waals surface area contributed by atoms with Crippen molar-refractivity contribution in [2.24, 2.45) is 5.92 Å². The van der Waals surface area contributed by atoms with Crippen LogP contribution in [0.5, 0.6) is 0 Å². The van der Waals surface area contributed by atoms with E-state index < -0.39 is 0 Å². The molecule has 2 N–H and O–H groups in total. The van der Waals surface area contributed by atoms with Gasteiger partial charge in [-0.05, 0) is 44.4 Å². The van der Waals surface area contributed by atoms with E-state index in [1.807, 2.05) is 0 Å². The Labute approximate surface area is 127 Å². The van der Waals surface area contributed by atoms with Crippen molar-refractivity contribution in [3.05, 3.63) is 17.8 Å². The van der Waals surface area contributed by atoms with Crippen molar-refractivity contribution >= 4 is 11.8 Å². The van der Waals surface area contributed by atoms with Gasteiger partial charge in [-0.2, -0.15) is 10.1 Å². The van der Waals surface area contributed by atoms with Crippen LogP contribution in [0.3, 0.4) is 0 Å². The third kappa shape index (κ3) is 6.10. The molecular weight excluding hydrogens is 262 g/mol. The molecule has 1 aliphatic rings. The molecule has 0 fully saturated rings. The number of nitrogens with one attached hydrogen (secondary N) is 2. The molecule has 1 heterocycles. The minimum atomic E-state index is 0.609.